The predicted octanol–water partition coefficient (Wildman–Crippen LogP) is 2.75. The van der Waals surface area contributed by atoms with Crippen LogP contribution in [0.3, 0.4) is 0 Å². The third-order valence-electron chi connectivity index (χ3n) is 1.13. The van der Waals surface area contributed by atoms with Crippen LogP contribution in [0.25, 0.3) is 0 Å². The van der Waals surface area contributed by atoms with Crippen molar-refractivity contribution in [3.8, 4) is 0 Å². The van der Waals surface area contributed by atoms with Crippen molar-refractivity contribution in [2.24, 2.45) is 11.8 Å². The van der Waals surface area contributed by atoms with Gasteiger partial charge in [0.05, 0.1) is 0 Å². The minimum Gasteiger partial charge on any atom is -0.220 e. The smallest absolute Gasteiger partial charge is 0.0162 e. The van der Waals surface area contributed by atoms with Crippen LogP contribution in [-0.2, 0) is 0 Å². The van der Waals surface area contributed by atoms with Crippen molar-refractivity contribution < 1.29 is 0 Å². The highest BCUT2D eigenvalue weighted by molar-refractivity contribution is 6.13. The van der Waals surface area contributed by atoms with Gasteiger partial charge >= 0.3 is 0 Å². The topological polar surface area (TPSA) is 3.24 Å². The van der Waals surface area contributed by atoms with Crippen LogP contribution in [0.5, 0.6) is 0 Å². The first-order valence-electron chi connectivity index (χ1n) is 3.93. The zero-order chi connectivity index (χ0) is 8.15. The van der Waals surface area contributed by atoms with E-state index < -0.39 is 0 Å². The van der Waals surface area contributed by atoms with Crippen LogP contribution in [0.4, 0.5) is 0 Å². The van der Waals surface area contributed by atoms with Gasteiger partial charge in [-0.05, 0) is 23.6 Å². The van der Waals surface area contributed by atoms with Crippen molar-refractivity contribution in [3.63, 3.8) is 0 Å². The molecule has 0 rings (SSSR count). The summed E-state index contributed by atoms with van der Waals surface area (Å²) in [5.74, 6) is 1.33. The summed E-state index contributed by atoms with van der Waals surface area (Å²) in [5, 5.41) is 0. The molecule has 0 atom stereocenters. The van der Waals surface area contributed by atoms with Gasteiger partial charge in [-0.2, -0.15) is 0 Å². The Morgan fingerprint density at radius 3 is 1.50 bits per heavy atom. The highest BCUT2D eigenvalue weighted by Gasteiger charge is 2.04. The molecule has 62 valence electrons. The third kappa shape index (κ3) is 6.37. The van der Waals surface area contributed by atoms with Crippen LogP contribution in [0.2, 0.25) is 0 Å². The summed E-state index contributed by atoms with van der Waals surface area (Å²) in [6.07, 6.45) is 0. The summed E-state index contributed by atoms with van der Waals surface area (Å²) in [4.78, 5) is 0. The van der Waals surface area contributed by atoms with Crippen molar-refractivity contribution >= 4 is 11.8 Å². The number of halogens is 1. The Labute approximate surface area is 69.5 Å². The fourth-order valence-electron chi connectivity index (χ4n) is 0.867. The molecule has 1 nitrogen and oxygen atoms in total. The second kappa shape index (κ2) is 4.97. The molecule has 0 N–H and O–H groups in total. The van der Waals surface area contributed by atoms with Crippen LogP contribution < -0.4 is 0 Å². The first-order valence-corrected chi connectivity index (χ1v) is 4.27. The van der Waals surface area contributed by atoms with E-state index in [9.17, 15) is 0 Å². The van der Waals surface area contributed by atoms with Gasteiger partial charge in [-0.3, -0.25) is 0 Å². The van der Waals surface area contributed by atoms with Crippen molar-refractivity contribution in [3.05, 3.63) is 0 Å². The highest BCUT2D eigenvalue weighted by Crippen LogP contribution is 2.05. The lowest BCUT2D eigenvalue weighted by Crippen LogP contribution is -2.22. The molecule has 2 heteroatoms. The Hall–Kier alpha value is 0.250. The maximum Gasteiger partial charge on any atom is 0.0162 e. The van der Waals surface area contributed by atoms with Gasteiger partial charge in [0.15, 0.2) is 0 Å². The Morgan fingerprint density at radius 1 is 1.00 bits per heavy atom. The van der Waals surface area contributed by atoms with Crippen LogP contribution >= 0.6 is 11.8 Å². The number of rotatable bonds is 4. The molecule has 10 heavy (non-hydrogen) atoms. The van der Waals surface area contributed by atoms with E-state index in [4.69, 9.17) is 11.8 Å². The normalized spacial score (nSPS) is 12.0. The fourth-order valence-corrected chi connectivity index (χ4v) is 1.42. The van der Waals surface area contributed by atoms with Crippen molar-refractivity contribution in [2.75, 3.05) is 13.1 Å². The van der Waals surface area contributed by atoms with Crippen molar-refractivity contribution in [1.29, 1.82) is 0 Å². The largest absolute Gasteiger partial charge is 0.220 e. The molecule has 0 saturated heterocycles. The Kier molecular flexibility index (Phi) is 5.10. The molecule has 0 aromatic rings. The molecule has 0 amide bonds. The number of hydrogen-bond acceptors (Lipinski definition) is 1. The van der Waals surface area contributed by atoms with E-state index in [-0.39, 0.29) is 0 Å². The monoisotopic (exact) mass is 163 g/mol. The Bertz CT molecular complexity index is 71.3. The van der Waals surface area contributed by atoms with Crippen LogP contribution in [0, 0.1) is 11.8 Å². The minimum absolute atomic E-state index is 0.663. The second-order valence-corrected chi connectivity index (χ2v) is 4.09. The average Bonchev–Trinajstić information content (AvgIpc) is 1.58. The fraction of sp³-hybridized carbons (Fsp3) is 1.00. The van der Waals surface area contributed by atoms with Crippen LogP contribution in [-0.4, -0.2) is 17.5 Å². The summed E-state index contributed by atoms with van der Waals surface area (Å²) >= 11 is 5.90. The molecule has 0 aliphatic rings. The molecular formula is C8H18ClN. The van der Waals surface area contributed by atoms with Gasteiger partial charge < -0.3 is 0 Å². The van der Waals surface area contributed by atoms with E-state index >= 15 is 0 Å². The van der Waals surface area contributed by atoms with Gasteiger partial charge in [-0.1, -0.05) is 27.7 Å². The Balaban J connectivity index is 3.34. The first kappa shape index (κ1) is 10.2. The summed E-state index contributed by atoms with van der Waals surface area (Å²) in [5.41, 5.74) is 0. The van der Waals surface area contributed by atoms with Crippen molar-refractivity contribution in [2.45, 2.75) is 27.7 Å². The summed E-state index contributed by atoms with van der Waals surface area (Å²) in [6.45, 7) is 10.7. The van der Waals surface area contributed by atoms with E-state index in [2.05, 4.69) is 27.7 Å². The molecule has 0 spiro atoms. The molecule has 0 bridgehead atoms. The van der Waals surface area contributed by atoms with E-state index in [1.807, 2.05) is 4.42 Å². The minimum atomic E-state index is 0.663. The molecule has 0 aromatic heterocycles. The Morgan fingerprint density at radius 2 is 1.30 bits per heavy atom. The maximum atomic E-state index is 5.90. The molecule has 0 fully saturated rings. The number of hydrogen-bond donors (Lipinski definition) is 0. The van der Waals surface area contributed by atoms with Crippen LogP contribution in [0.1, 0.15) is 27.7 Å². The lowest BCUT2D eigenvalue weighted by molar-refractivity contribution is 0.353. The maximum absolute atomic E-state index is 5.90. The summed E-state index contributed by atoms with van der Waals surface area (Å²) in [6, 6.07) is 0. The van der Waals surface area contributed by atoms with Gasteiger partial charge in [-0.25, -0.2) is 4.42 Å². The van der Waals surface area contributed by atoms with E-state index in [0.29, 0.717) is 11.8 Å². The van der Waals surface area contributed by atoms with E-state index in [1.165, 1.54) is 0 Å². The molecule has 0 heterocycles. The van der Waals surface area contributed by atoms with E-state index in [1.54, 1.807) is 0 Å². The van der Waals surface area contributed by atoms with Gasteiger partial charge in [0.2, 0.25) is 0 Å². The zero-order valence-electron chi connectivity index (χ0n) is 7.39. The molecule has 0 radical (unpaired) electrons. The van der Waals surface area contributed by atoms with Gasteiger partial charge in [0.25, 0.3) is 0 Å². The van der Waals surface area contributed by atoms with Gasteiger partial charge in [-0.15, -0.1) is 0 Å². The first-order chi connectivity index (χ1) is 4.52. The molecule has 0 saturated carbocycles. The standard InChI is InChI=1S/C8H18ClN/c1-7(2)5-10(9)6-8(3)4/h7-8H,5-6H2,1-4H3. The molecule has 0 aromatic carbocycles. The second-order valence-electron chi connectivity index (χ2n) is 3.62. The SMILES string of the molecule is CC(C)CN(Cl)CC(C)C. The third-order valence-corrected chi connectivity index (χ3v) is 1.40. The lowest BCUT2D eigenvalue weighted by atomic mass is 10.2. The van der Waals surface area contributed by atoms with E-state index in [0.717, 1.165) is 13.1 Å². The summed E-state index contributed by atoms with van der Waals surface area (Å²) < 4.78 is 1.87. The predicted molar refractivity (Wildman–Crippen MR) is 47.1 cm³/mol. The molecule has 0 aliphatic heterocycles. The quantitative estimate of drug-likeness (QED) is 0.577. The van der Waals surface area contributed by atoms with Gasteiger partial charge in [0.1, 0.15) is 0 Å². The zero-order valence-corrected chi connectivity index (χ0v) is 8.15. The highest BCUT2D eigenvalue weighted by atomic mass is 35.5. The molecule has 0 aliphatic carbocycles. The van der Waals surface area contributed by atoms with Crippen molar-refractivity contribution in [1.82, 2.24) is 4.42 Å². The number of nitrogens with zero attached hydrogens (tertiary/aromatic N) is 1. The lowest BCUT2D eigenvalue weighted by Gasteiger charge is -2.17. The van der Waals surface area contributed by atoms with Gasteiger partial charge in [0, 0.05) is 13.1 Å². The molecule has 0 unspecified atom stereocenters. The summed E-state index contributed by atoms with van der Waals surface area (Å²) in [7, 11) is 0. The van der Waals surface area contributed by atoms with Crippen LogP contribution in [0.15, 0.2) is 0 Å². The average molecular weight is 164 g/mol. The molecular weight excluding hydrogens is 146 g/mol.